The zero-order valence-corrected chi connectivity index (χ0v) is 13.3. The van der Waals surface area contributed by atoms with Crippen LogP contribution in [0.5, 0.6) is 5.75 Å². The molecule has 0 spiro atoms. The highest BCUT2D eigenvalue weighted by Crippen LogP contribution is 2.22. The molecule has 1 rings (SSSR count). The van der Waals surface area contributed by atoms with Gasteiger partial charge in [-0.3, -0.25) is 9.69 Å². The molecular weight excluding hydrogens is 270 g/mol. The van der Waals surface area contributed by atoms with E-state index in [1.54, 1.807) is 27.4 Å². The van der Waals surface area contributed by atoms with Crippen molar-refractivity contribution in [3.05, 3.63) is 29.3 Å². The van der Waals surface area contributed by atoms with E-state index in [2.05, 4.69) is 11.8 Å². The van der Waals surface area contributed by atoms with Crippen molar-refractivity contribution in [2.24, 2.45) is 0 Å². The van der Waals surface area contributed by atoms with Crippen molar-refractivity contribution in [1.82, 2.24) is 4.90 Å². The Labute approximate surface area is 126 Å². The third-order valence-corrected chi connectivity index (χ3v) is 3.43. The Morgan fingerprint density at radius 3 is 2.57 bits per heavy atom. The predicted molar refractivity (Wildman–Crippen MR) is 82.0 cm³/mol. The summed E-state index contributed by atoms with van der Waals surface area (Å²) in [6.45, 7) is 4.85. The zero-order valence-electron chi connectivity index (χ0n) is 13.3. The van der Waals surface area contributed by atoms with Crippen molar-refractivity contribution >= 4 is 6.29 Å². The molecule has 0 aromatic heterocycles. The molecule has 1 atom stereocenters. The molecule has 0 aliphatic rings. The lowest BCUT2D eigenvalue weighted by Crippen LogP contribution is -2.38. The summed E-state index contributed by atoms with van der Waals surface area (Å²) >= 11 is 0. The molecule has 1 unspecified atom stereocenters. The van der Waals surface area contributed by atoms with Crippen molar-refractivity contribution < 1.29 is 19.0 Å². The van der Waals surface area contributed by atoms with Gasteiger partial charge in [-0.25, -0.2) is 0 Å². The van der Waals surface area contributed by atoms with Gasteiger partial charge in [-0.2, -0.15) is 0 Å². The van der Waals surface area contributed by atoms with Crippen LogP contribution >= 0.6 is 0 Å². The van der Waals surface area contributed by atoms with E-state index in [0.29, 0.717) is 25.3 Å². The first kappa shape index (κ1) is 17.6. The van der Waals surface area contributed by atoms with Gasteiger partial charge in [0.1, 0.15) is 12.0 Å². The van der Waals surface area contributed by atoms with Gasteiger partial charge >= 0.3 is 0 Å². The summed E-state index contributed by atoms with van der Waals surface area (Å²) in [5, 5.41) is 0. The van der Waals surface area contributed by atoms with Crippen molar-refractivity contribution in [2.75, 3.05) is 41.1 Å². The van der Waals surface area contributed by atoms with Gasteiger partial charge in [-0.1, -0.05) is 0 Å². The molecular formula is C16H25NO4. The molecule has 118 valence electrons. The number of rotatable bonds is 10. The summed E-state index contributed by atoms with van der Waals surface area (Å²) in [7, 11) is 5.02. The summed E-state index contributed by atoms with van der Waals surface area (Å²) in [6, 6.07) is 5.70. The minimum atomic E-state index is 0.245. The molecule has 0 aliphatic carbocycles. The molecule has 0 amide bonds. The molecule has 5 heteroatoms. The number of hydrogen-bond donors (Lipinski definition) is 0. The van der Waals surface area contributed by atoms with E-state index >= 15 is 0 Å². The standard InChI is InChI=1S/C16H25NO4/c1-13(12-20-3)17(7-8-19-2)10-15-9-14(11-18)5-6-16(15)21-4/h5-6,9,11,13H,7-8,10,12H2,1-4H3. The Bertz CT molecular complexity index is 436. The highest BCUT2D eigenvalue weighted by molar-refractivity contribution is 5.75. The molecule has 21 heavy (non-hydrogen) atoms. The van der Waals surface area contributed by atoms with Gasteiger partial charge in [-0.05, 0) is 25.1 Å². The Morgan fingerprint density at radius 2 is 2.00 bits per heavy atom. The van der Waals surface area contributed by atoms with Crippen LogP contribution in [-0.2, 0) is 16.0 Å². The highest BCUT2D eigenvalue weighted by Gasteiger charge is 2.16. The topological polar surface area (TPSA) is 48.0 Å². The SMILES string of the molecule is COCCN(Cc1cc(C=O)ccc1OC)C(C)COC. The lowest BCUT2D eigenvalue weighted by molar-refractivity contribution is 0.0700. The maximum absolute atomic E-state index is 11.0. The smallest absolute Gasteiger partial charge is 0.150 e. The van der Waals surface area contributed by atoms with Crippen molar-refractivity contribution in [2.45, 2.75) is 19.5 Å². The summed E-state index contributed by atoms with van der Waals surface area (Å²) in [6.07, 6.45) is 0.848. The Kier molecular flexibility index (Phi) is 7.97. The zero-order chi connectivity index (χ0) is 15.7. The fourth-order valence-electron chi connectivity index (χ4n) is 2.22. The van der Waals surface area contributed by atoms with Gasteiger partial charge in [0.15, 0.2) is 0 Å². The van der Waals surface area contributed by atoms with Gasteiger partial charge in [-0.15, -0.1) is 0 Å². The summed E-state index contributed by atoms with van der Waals surface area (Å²) in [5.41, 5.74) is 1.64. The van der Waals surface area contributed by atoms with E-state index in [-0.39, 0.29) is 6.04 Å². The van der Waals surface area contributed by atoms with Crippen LogP contribution < -0.4 is 4.74 Å². The van der Waals surface area contributed by atoms with E-state index in [1.807, 2.05) is 12.1 Å². The number of hydrogen-bond acceptors (Lipinski definition) is 5. The number of methoxy groups -OCH3 is 3. The average molecular weight is 295 g/mol. The number of ether oxygens (including phenoxy) is 3. The molecule has 0 heterocycles. The summed E-state index contributed by atoms with van der Waals surface area (Å²) in [4.78, 5) is 13.2. The van der Waals surface area contributed by atoms with Crippen molar-refractivity contribution in [3.8, 4) is 5.75 Å². The summed E-state index contributed by atoms with van der Waals surface area (Å²) in [5.74, 6) is 0.785. The van der Waals surface area contributed by atoms with Gasteiger partial charge < -0.3 is 14.2 Å². The first-order valence-corrected chi connectivity index (χ1v) is 7.00. The number of aldehydes is 1. The minimum Gasteiger partial charge on any atom is -0.496 e. The van der Waals surface area contributed by atoms with Gasteiger partial charge in [0, 0.05) is 44.5 Å². The molecule has 0 aliphatic heterocycles. The second-order valence-electron chi connectivity index (χ2n) is 4.96. The normalized spacial score (nSPS) is 12.4. The van der Waals surface area contributed by atoms with E-state index < -0.39 is 0 Å². The Balaban J connectivity index is 2.92. The van der Waals surface area contributed by atoms with Crippen LogP contribution in [-0.4, -0.2) is 58.3 Å². The lowest BCUT2D eigenvalue weighted by Gasteiger charge is -2.29. The van der Waals surface area contributed by atoms with Crippen molar-refractivity contribution in [3.63, 3.8) is 0 Å². The maximum atomic E-state index is 11.0. The minimum absolute atomic E-state index is 0.245. The molecule has 0 fully saturated rings. The number of benzene rings is 1. The number of carbonyl (C=O) groups excluding carboxylic acids is 1. The number of carbonyl (C=O) groups is 1. The van der Waals surface area contributed by atoms with Crippen molar-refractivity contribution in [1.29, 1.82) is 0 Å². The number of nitrogens with zero attached hydrogens (tertiary/aromatic N) is 1. The molecule has 1 aromatic carbocycles. The van der Waals surface area contributed by atoms with E-state index in [0.717, 1.165) is 24.1 Å². The lowest BCUT2D eigenvalue weighted by atomic mass is 10.1. The second-order valence-corrected chi connectivity index (χ2v) is 4.96. The highest BCUT2D eigenvalue weighted by atomic mass is 16.5. The van der Waals surface area contributed by atoms with E-state index in [4.69, 9.17) is 14.2 Å². The van der Waals surface area contributed by atoms with Crippen LogP contribution in [0.3, 0.4) is 0 Å². The van der Waals surface area contributed by atoms with Crippen LogP contribution in [0.2, 0.25) is 0 Å². The fourth-order valence-corrected chi connectivity index (χ4v) is 2.22. The van der Waals surface area contributed by atoms with Gasteiger partial charge in [0.05, 0.1) is 20.3 Å². The molecule has 0 bridgehead atoms. The van der Waals surface area contributed by atoms with Gasteiger partial charge in [0.2, 0.25) is 0 Å². The fraction of sp³-hybridized carbons (Fsp3) is 0.562. The summed E-state index contributed by atoms with van der Waals surface area (Å²) < 4.78 is 15.8. The quantitative estimate of drug-likeness (QED) is 0.618. The first-order chi connectivity index (χ1) is 10.2. The Hall–Kier alpha value is -1.43. The molecule has 0 N–H and O–H groups in total. The molecule has 5 nitrogen and oxygen atoms in total. The van der Waals surface area contributed by atoms with Crippen LogP contribution in [0.25, 0.3) is 0 Å². The van der Waals surface area contributed by atoms with E-state index in [1.165, 1.54) is 0 Å². The third kappa shape index (κ3) is 5.46. The molecule has 0 saturated heterocycles. The van der Waals surface area contributed by atoms with Crippen LogP contribution in [0.1, 0.15) is 22.8 Å². The first-order valence-electron chi connectivity index (χ1n) is 7.00. The van der Waals surface area contributed by atoms with Crippen LogP contribution in [0.4, 0.5) is 0 Å². The van der Waals surface area contributed by atoms with Gasteiger partial charge in [0.25, 0.3) is 0 Å². The molecule has 0 radical (unpaired) electrons. The Morgan fingerprint density at radius 1 is 1.24 bits per heavy atom. The average Bonchev–Trinajstić information content (AvgIpc) is 2.51. The largest absolute Gasteiger partial charge is 0.496 e. The van der Waals surface area contributed by atoms with Crippen LogP contribution in [0, 0.1) is 0 Å². The predicted octanol–water partition coefficient (Wildman–Crippen LogP) is 1.99. The monoisotopic (exact) mass is 295 g/mol. The molecule has 0 saturated carbocycles. The third-order valence-electron chi connectivity index (χ3n) is 3.43. The maximum Gasteiger partial charge on any atom is 0.150 e. The second kappa shape index (κ2) is 9.50. The van der Waals surface area contributed by atoms with E-state index in [9.17, 15) is 4.79 Å². The van der Waals surface area contributed by atoms with Crippen LogP contribution in [0.15, 0.2) is 18.2 Å². The molecule has 1 aromatic rings.